The van der Waals surface area contributed by atoms with Gasteiger partial charge in [0.05, 0.1) is 5.56 Å². The number of halogens is 3. The topological polar surface area (TPSA) is 57.8 Å². The molecule has 1 aromatic heterocycles. The van der Waals surface area contributed by atoms with Gasteiger partial charge in [0.1, 0.15) is 0 Å². The number of benzene rings is 3. The number of hydrogen-bond donors (Lipinski definition) is 1. The lowest BCUT2D eigenvalue weighted by atomic mass is 9.87. The van der Waals surface area contributed by atoms with Crippen LogP contribution in [0.1, 0.15) is 41.5 Å². The predicted octanol–water partition coefficient (Wildman–Crippen LogP) is 6.35. The second-order valence-corrected chi connectivity index (χ2v) is 10.2. The van der Waals surface area contributed by atoms with E-state index in [9.17, 15) is 18.0 Å². The maximum absolute atomic E-state index is 13.7. The maximum Gasteiger partial charge on any atom is 0.416 e. The zero-order chi connectivity index (χ0) is 27.9. The Morgan fingerprint density at radius 2 is 1.75 bits per heavy atom. The van der Waals surface area contributed by atoms with Crippen LogP contribution >= 0.6 is 0 Å². The lowest BCUT2D eigenvalue weighted by Crippen LogP contribution is -2.49. The zero-order valence-corrected chi connectivity index (χ0v) is 22.1. The van der Waals surface area contributed by atoms with Gasteiger partial charge in [-0.25, -0.2) is 0 Å². The third-order valence-electron chi connectivity index (χ3n) is 7.94. The summed E-state index contributed by atoms with van der Waals surface area (Å²) in [7, 11) is 0. The molecule has 3 heterocycles. The van der Waals surface area contributed by atoms with Gasteiger partial charge in [-0.3, -0.25) is 4.79 Å². The highest BCUT2D eigenvalue weighted by atomic mass is 19.4. The van der Waals surface area contributed by atoms with Crippen LogP contribution in [0.5, 0.6) is 11.5 Å². The van der Waals surface area contributed by atoms with E-state index in [4.69, 9.17) is 9.47 Å². The number of nitrogens with zero attached hydrogens (tertiary/aromatic N) is 2. The van der Waals surface area contributed by atoms with E-state index in [0.29, 0.717) is 43.4 Å². The summed E-state index contributed by atoms with van der Waals surface area (Å²) in [5.41, 5.74) is 4.15. The molecule has 0 unspecified atom stereocenters. The highest BCUT2D eigenvalue weighted by Crippen LogP contribution is 2.40. The highest BCUT2D eigenvalue weighted by Gasteiger charge is 2.32. The normalized spacial score (nSPS) is 16.0. The molecule has 6 nitrogen and oxygen atoms in total. The minimum absolute atomic E-state index is 0.00681. The second-order valence-electron chi connectivity index (χ2n) is 10.2. The number of aryl methyl sites for hydroxylation is 1. The first kappa shape index (κ1) is 26.1. The number of hydrogen-bond acceptors (Lipinski definition) is 4. The maximum atomic E-state index is 13.7. The number of fused-ring (bicyclic) bond motifs is 2. The van der Waals surface area contributed by atoms with Crippen LogP contribution in [0.15, 0.2) is 66.9 Å². The highest BCUT2D eigenvalue weighted by molar-refractivity contribution is 5.88. The van der Waals surface area contributed by atoms with Crippen LogP contribution in [0.3, 0.4) is 0 Å². The molecule has 0 radical (unpaired) electrons. The number of carbonyl (C=O) groups is 1. The van der Waals surface area contributed by atoms with E-state index in [1.165, 1.54) is 17.7 Å². The fourth-order valence-corrected chi connectivity index (χ4v) is 5.76. The summed E-state index contributed by atoms with van der Waals surface area (Å²) in [6.07, 6.45) is -1.25. The summed E-state index contributed by atoms with van der Waals surface area (Å²) in [6.45, 7) is 4.11. The Morgan fingerprint density at radius 3 is 2.52 bits per heavy atom. The van der Waals surface area contributed by atoms with Crippen molar-refractivity contribution in [3.8, 4) is 11.5 Å². The number of nitrogens with one attached hydrogen (secondary N) is 1. The van der Waals surface area contributed by atoms with Crippen LogP contribution in [0, 0.1) is 0 Å². The molecule has 1 amide bonds. The molecule has 9 heteroatoms. The van der Waals surface area contributed by atoms with Crippen molar-refractivity contribution < 1.29 is 27.4 Å². The SMILES string of the molecule is CCc1cccc2c([C@H](CC(=O)N3CCN(c4cccc(C(F)(F)F)c4)CC3)c3ccc4c(c3)OCO4)c[nH]c12. The van der Waals surface area contributed by atoms with Gasteiger partial charge in [-0.1, -0.05) is 37.3 Å². The molecule has 1 N–H and O–H groups in total. The fraction of sp³-hybridized carbons (Fsp3) is 0.323. The molecule has 0 aliphatic carbocycles. The molecule has 1 fully saturated rings. The quantitative estimate of drug-likeness (QED) is 0.305. The van der Waals surface area contributed by atoms with Gasteiger partial charge < -0.3 is 24.3 Å². The molecule has 0 bridgehead atoms. The van der Waals surface area contributed by atoms with Crippen molar-refractivity contribution in [2.75, 3.05) is 37.9 Å². The molecule has 40 heavy (non-hydrogen) atoms. The van der Waals surface area contributed by atoms with Gasteiger partial charge in [0.2, 0.25) is 12.7 Å². The van der Waals surface area contributed by atoms with Crippen molar-refractivity contribution in [2.24, 2.45) is 0 Å². The molecule has 2 aliphatic heterocycles. The third-order valence-corrected chi connectivity index (χ3v) is 7.94. The molecule has 0 spiro atoms. The first-order chi connectivity index (χ1) is 19.3. The van der Waals surface area contributed by atoms with Gasteiger partial charge in [-0.15, -0.1) is 0 Å². The molecule has 6 rings (SSSR count). The summed E-state index contributed by atoms with van der Waals surface area (Å²) in [5, 5.41) is 1.09. The van der Waals surface area contributed by atoms with E-state index < -0.39 is 11.7 Å². The summed E-state index contributed by atoms with van der Waals surface area (Å²) in [5.74, 6) is 1.14. The number of aromatic nitrogens is 1. The Bertz CT molecular complexity index is 1540. The van der Waals surface area contributed by atoms with Gasteiger partial charge in [-0.05, 0) is 53.4 Å². The molecular weight excluding hydrogens is 519 g/mol. The standard InChI is InChI=1S/C31H30F3N3O3/c1-2-20-5-3-8-24-26(18-35-30(20)24)25(21-9-10-27-28(15-21)40-19-39-27)17-29(38)37-13-11-36(12-14-37)23-7-4-6-22(16-23)31(32,33)34/h3-10,15-16,18,25,35H,2,11-14,17,19H2,1H3/t25-/m1/s1. The van der Waals surface area contributed by atoms with E-state index in [1.807, 2.05) is 40.3 Å². The Hall–Kier alpha value is -4.14. The average molecular weight is 550 g/mol. The zero-order valence-electron chi connectivity index (χ0n) is 22.1. The van der Waals surface area contributed by atoms with Gasteiger partial charge in [0, 0.05) is 61.3 Å². The van der Waals surface area contributed by atoms with Gasteiger partial charge >= 0.3 is 6.18 Å². The first-order valence-electron chi connectivity index (χ1n) is 13.5. The summed E-state index contributed by atoms with van der Waals surface area (Å²) >= 11 is 0. The largest absolute Gasteiger partial charge is 0.454 e. The van der Waals surface area contributed by atoms with E-state index in [-0.39, 0.29) is 25.0 Å². The minimum atomic E-state index is -4.39. The fourth-order valence-electron chi connectivity index (χ4n) is 5.76. The van der Waals surface area contributed by atoms with Crippen LogP contribution in [0.4, 0.5) is 18.9 Å². The molecule has 1 atom stereocenters. The van der Waals surface area contributed by atoms with Crippen molar-refractivity contribution in [2.45, 2.75) is 31.9 Å². The number of aromatic amines is 1. The van der Waals surface area contributed by atoms with Crippen LogP contribution in [0.2, 0.25) is 0 Å². The number of piperazine rings is 1. The molecule has 3 aromatic carbocycles. The second kappa shape index (κ2) is 10.4. The van der Waals surface area contributed by atoms with Gasteiger partial charge in [0.25, 0.3) is 0 Å². The predicted molar refractivity (Wildman–Crippen MR) is 147 cm³/mol. The number of amides is 1. The Kier molecular flexibility index (Phi) is 6.82. The number of alkyl halides is 3. The first-order valence-corrected chi connectivity index (χ1v) is 13.5. The Balaban J connectivity index is 1.24. The van der Waals surface area contributed by atoms with Crippen LogP contribution < -0.4 is 14.4 Å². The van der Waals surface area contributed by atoms with E-state index in [2.05, 4.69) is 24.0 Å². The average Bonchev–Trinajstić information content (AvgIpc) is 3.62. The number of anilines is 1. The van der Waals surface area contributed by atoms with Crippen molar-refractivity contribution in [1.29, 1.82) is 0 Å². The number of ether oxygens (including phenoxy) is 2. The lowest BCUT2D eigenvalue weighted by Gasteiger charge is -2.37. The van der Waals surface area contributed by atoms with Crippen LogP contribution in [-0.4, -0.2) is 48.8 Å². The molecule has 208 valence electrons. The van der Waals surface area contributed by atoms with Crippen molar-refractivity contribution in [3.63, 3.8) is 0 Å². The summed E-state index contributed by atoms with van der Waals surface area (Å²) < 4.78 is 50.8. The van der Waals surface area contributed by atoms with Crippen LogP contribution in [0.25, 0.3) is 10.9 Å². The minimum Gasteiger partial charge on any atom is -0.454 e. The summed E-state index contributed by atoms with van der Waals surface area (Å²) in [4.78, 5) is 20.8. The number of rotatable bonds is 6. The molecule has 2 aliphatic rings. The Morgan fingerprint density at radius 1 is 0.975 bits per heavy atom. The molecule has 4 aromatic rings. The van der Waals surface area contributed by atoms with Crippen molar-refractivity contribution in [3.05, 3.63) is 89.1 Å². The Labute approximate surface area is 230 Å². The number of carbonyl (C=O) groups excluding carboxylic acids is 1. The van der Waals surface area contributed by atoms with Gasteiger partial charge in [-0.2, -0.15) is 13.2 Å². The van der Waals surface area contributed by atoms with E-state index >= 15 is 0 Å². The monoisotopic (exact) mass is 549 g/mol. The van der Waals surface area contributed by atoms with E-state index in [1.54, 1.807) is 6.07 Å². The summed E-state index contributed by atoms with van der Waals surface area (Å²) in [6, 6.07) is 17.4. The lowest BCUT2D eigenvalue weighted by molar-refractivity contribution is -0.137. The molecular formula is C31H30F3N3O3. The van der Waals surface area contributed by atoms with Crippen molar-refractivity contribution in [1.82, 2.24) is 9.88 Å². The number of para-hydroxylation sites is 1. The molecule has 0 saturated carbocycles. The van der Waals surface area contributed by atoms with Gasteiger partial charge in [0.15, 0.2) is 11.5 Å². The van der Waals surface area contributed by atoms with Crippen molar-refractivity contribution >= 4 is 22.5 Å². The third kappa shape index (κ3) is 4.96. The van der Waals surface area contributed by atoms with E-state index in [0.717, 1.165) is 34.5 Å². The molecule has 1 saturated heterocycles. The smallest absolute Gasteiger partial charge is 0.416 e. The number of H-pyrrole nitrogens is 1. The van der Waals surface area contributed by atoms with Crippen LogP contribution in [-0.2, 0) is 17.4 Å².